The number of pyridine rings is 1. The van der Waals surface area contributed by atoms with E-state index in [2.05, 4.69) is 15.1 Å². The summed E-state index contributed by atoms with van der Waals surface area (Å²) in [6.45, 7) is 3.71. The average molecular weight is 445 g/mol. The number of alkyl halides is 3. The van der Waals surface area contributed by atoms with Gasteiger partial charge in [-0.3, -0.25) is 14.1 Å². The van der Waals surface area contributed by atoms with Gasteiger partial charge in [0.1, 0.15) is 5.82 Å². The second kappa shape index (κ2) is 8.90. The zero-order valence-corrected chi connectivity index (χ0v) is 18.1. The number of aromatic nitrogens is 3. The summed E-state index contributed by atoms with van der Waals surface area (Å²) in [7, 11) is 1.79. The van der Waals surface area contributed by atoms with Crippen molar-refractivity contribution in [2.45, 2.75) is 44.4 Å². The van der Waals surface area contributed by atoms with Crippen LogP contribution in [0.15, 0.2) is 48.7 Å². The highest BCUT2D eigenvalue weighted by Crippen LogP contribution is 2.31. The molecule has 1 fully saturated rings. The Kier molecular flexibility index (Phi) is 6.19. The van der Waals surface area contributed by atoms with Crippen LogP contribution < -0.4 is 0 Å². The van der Waals surface area contributed by atoms with Crippen molar-refractivity contribution in [2.24, 2.45) is 0 Å². The van der Waals surface area contributed by atoms with Crippen molar-refractivity contribution in [3.63, 3.8) is 0 Å². The van der Waals surface area contributed by atoms with Gasteiger partial charge in [-0.25, -0.2) is 0 Å². The van der Waals surface area contributed by atoms with E-state index in [1.807, 2.05) is 37.3 Å². The van der Waals surface area contributed by atoms with Gasteiger partial charge < -0.3 is 4.90 Å². The van der Waals surface area contributed by atoms with Crippen LogP contribution in [0.1, 0.15) is 42.6 Å². The number of likely N-dealkylation sites (N-methyl/N-ethyl adjacent to an activating group) is 1. The minimum Gasteiger partial charge on any atom is -0.340 e. The molecular weight excluding hydrogens is 419 g/mol. The molecule has 0 aliphatic carbocycles. The third kappa shape index (κ3) is 4.62. The molecular formula is C23H26F3N5O. The average Bonchev–Trinajstić information content (AvgIpc) is 3.21. The van der Waals surface area contributed by atoms with Crippen molar-refractivity contribution in [3.8, 4) is 0 Å². The number of hydrogen-bond donors (Lipinski definition) is 0. The largest absolute Gasteiger partial charge is 0.417 e. The van der Waals surface area contributed by atoms with E-state index >= 15 is 0 Å². The predicted molar refractivity (Wildman–Crippen MR) is 114 cm³/mol. The van der Waals surface area contributed by atoms with Crippen LogP contribution in [0.3, 0.4) is 0 Å². The van der Waals surface area contributed by atoms with Crippen molar-refractivity contribution in [2.75, 3.05) is 20.1 Å². The molecule has 9 heteroatoms. The number of nitrogens with zero attached hydrogens (tertiary/aromatic N) is 5. The molecule has 0 bridgehead atoms. The SMILES string of the molecule is CC(C(=O)N(C)Cc1ccccc1)N1CCCC(c2nnc3ccc(C(F)(F)F)cn23)C1. The molecule has 0 saturated carbocycles. The number of halogens is 3. The second-order valence-corrected chi connectivity index (χ2v) is 8.39. The molecule has 4 rings (SSSR count). The fourth-order valence-electron chi connectivity index (χ4n) is 4.33. The van der Waals surface area contributed by atoms with Gasteiger partial charge in [-0.1, -0.05) is 30.3 Å². The van der Waals surface area contributed by atoms with Gasteiger partial charge in [0.25, 0.3) is 0 Å². The van der Waals surface area contributed by atoms with Gasteiger partial charge >= 0.3 is 6.18 Å². The van der Waals surface area contributed by atoms with Gasteiger partial charge in [-0.05, 0) is 44.0 Å². The molecule has 32 heavy (non-hydrogen) atoms. The molecule has 0 radical (unpaired) electrons. The van der Waals surface area contributed by atoms with Crippen molar-refractivity contribution >= 4 is 11.6 Å². The first-order valence-corrected chi connectivity index (χ1v) is 10.7. The van der Waals surface area contributed by atoms with Crippen LogP contribution in [0.2, 0.25) is 0 Å². The maximum Gasteiger partial charge on any atom is 0.417 e. The number of benzene rings is 1. The molecule has 2 unspecified atom stereocenters. The molecule has 170 valence electrons. The number of fused-ring (bicyclic) bond motifs is 1. The van der Waals surface area contributed by atoms with Gasteiger partial charge in [-0.15, -0.1) is 10.2 Å². The molecule has 1 aliphatic heterocycles. The van der Waals surface area contributed by atoms with Crippen LogP contribution in [0.4, 0.5) is 13.2 Å². The van der Waals surface area contributed by atoms with Gasteiger partial charge in [-0.2, -0.15) is 13.2 Å². The van der Waals surface area contributed by atoms with Crippen molar-refractivity contribution in [1.29, 1.82) is 0 Å². The van der Waals surface area contributed by atoms with Crippen LogP contribution in [0, 0.1) is 0 Å². The Morgan fingerprint density at radius 1 is 1.19 bits per heavy atom. The number of likely N-dealkylation sites (tertiary alicyclic amines) is 1. The number of carbonyl (C=O) groups is 1. The Bertz CT molecular complexity index is 1080. The summed E-state index contributed by atoms with van der Waals surface area (Å²) in [5, 5.41) is 8.24. The van der Waals surface area contributed by atoms with E-state index in [0.717, 1.165) is 37.2 Å². The maximum atomic E-state index is 13.2. The zero-order valence-electron chi connectivity index (χ0n) is 18.1. The number of rotatable bonds is 5. The van der Waals surface area contributed by atoms with E-state index in [4.69, 9.17) is 0 Å². The first-order chi connectivity index (χ1) is 15.2. The molecule has 1 amide bonds. The van der Waals surface area contributed by atoms with E-state index in [9.17, 15) is 18.0 Å². The van der Waals surface area contributed by atoms with Crippen LogP contribution in [0.25, 0.3) is 5.65 Å². The highest BCUT2D eigenvalue weighted by molar-refractivity contribution is 5.81. The summed E-state index contributed by atoms with van der Waals surface area (Å²) in [4.78, 5) is 16.8. The maximum absolute atomic E-state index is 13.2. The molecule has 3 heterocycles. The summed E-state index contributed by atoms with van der Waals surface area (Å²) >= 11 is 0. The Morgan fingerprint density at radius 3 is 2.66 bits per heavy atom. The van der Waals surface area contributed by atoms with Crippen LogP contribution >= 0.6 is 0 Å². The fraction of sp³-hybridized carbons (Fsp3) is 0.435. The highest BCUT2D eigenvalue weighted by atomic mass is 19.4. The summed E-state index contributed by atoms with van der Waals surface area (Å²) < 4.78 is 41.0. The van der Waals surface area contributed by atoms with E-state index in [1.165, 1.54) is 10.5 Å². The van der Waals surface area contributed by atoms with Gasteiger partial charge in [0.2, 0.25) is 5.91 Å². The molecule has 0 N–H and O–H groups in total. The second-order valence-electron chi connectivity index (χ2n) is 8.39. The van der Waals surface area contributed by atoms with E-state index < -0.39 is 11.7 Å². The molecule has 2 atom stereocenters. The zero-order chi connectivity index (χ0) is 22.9. The first-order valence-electron chi connectivity index (χ1n) is 10.7. The van der Waals surface area contributed by atoms with E-state index in [-0.39, 0.29) is 17.9 Å². The lowest BCUT2D eigenvalue weighted by molar-refractivity contribution is -0.138. The number of amides is 1. The predicted octanol–water partition coefficient (Wildman–Crippen LogP) is 3.97. The van der Waals surface area contributed by atoms with E-state index in [0.29, 0.717) is 24.6 Å². The molecule has 1 aliphatic rings. The normalized spacial score (nSPS) is 18.6. The van der Waals surface area contributed by atoms with Gasteiger partial charge in [0, 0.05) is 32.3 Å². The standard InChI is InChI=1S/C23H26F3N5O/c1-16(22(32)29(2)13-17-7-4-3-5-8-17)30-12-6-9-18(14-30)21-28-27-20-11-10-19(15-31(20)21)23(24,25)26/h3-5,7-8,10-11,15-16,18H,6,9,12-14H2,1-2H3. The lowest BCUT2D eigenvalue weighted by Crippen LogP contribution is -2.49. The van der Waals surface area contributed by atoms with Crippen molar-refractivity contribution in [3.05, 3.63) is 65.6 Å². The van der Waals surface area contributed by atoms with Crippen molar-refractivity contribution < 1.29 is 18.0 Å². The third-order valence-corrected chi connectivity index (χ3v) is 6.12. The minimum atomic E-state index is -4.43. The van der Waals surface area contributed by atoms with Gasteiger partial charge in [0.15, 0.2) is 5.65 Å². The summed E-state index contributed by atoms with van der Waals surface area (Å²) in [5.41, 5.74) is 0.712. The Labute approximate surface area is 184 Å². The monoisotopic (exact) mass is 445 g/mol. The summed E-state index contributed by atoms with van der Waals surface area (Å²) in [6.07, 6.45) is -1.75. The molecule has 0 spiro atoms. The van der Waals surface area contributed by atoms with Crippen LogP contribution in [-0.2, 0) is 17.5 Å². The van der Waals surface area contributed by atoms with Crippen LogP contribution in [-0.4, -0.2) is 56.5 Å². The Balaban J connectivity index is 1.49. The molecule has 6 nitrogen and oxygen atoms in total. The summed E-state index contributed by atoms with van der Waals surface area (Å²) in [6, 6.07) is 11.8. The molecule has 1 aromatic carbocycles. The third-order valence-electron chi connectivity index (χ3n) is 6.12. The topological polar surface area (TPSA) is 53.7 Å². The molecule has 2 aromatic heterocycles. The van der Waals surface area contributed by atoms with Crippen LogP contribution in [0.5, 0.6) is 0 Å². The Morgan fingerprint density at radius 2 is 1.94 bits per heavy atom. The summed E-state index contributed by atoms with van der Waals surface area (Å²) in [5.74, 6) is 0.421. The van der Waals surface area contributed by atoms with Crippen molar-refractivity contribution in [1.82, 2.24) is 24.4 Å². The minimum absolute atomic E-state index is 0.0139. The quantitative estimate of drug-likeness (QED) is 0.596. The van der Waals surface area contributed by atoms with Gasteiger partial charge in [0.05, 0.1) is 11.6 Å². The Hall–Kier alpha value is -2.94. The smallest absolute Gasteiger partial charge is 0.340 e. The first kappa shape index (κ1) is 22.3. The molecule has 3 aromatic rings. The number of piperidine rings is 1. The highest BCUT2D eigenvalue weighted by Gasteiger charge is 2.34. The lowest BCUT2D eigenvalue weighted by atomic mass is 9.95. The fourth-order valence-corrected chi connectivity index (χ4v) is 4.33. The number of hydrogen-bond acceptors (Lipinski definition) is 4. The molecule has 1 saturated heterocycles. The lowest BCUT2D eigenvalue weighted by Gasteiger charge is -2.37. The van der Waals surface area contributed by atoms with E-state index in [1.54, 1.807) is 11.9 Å². The number of carbonyl (C=O) groups excluding carboxylic acids is 1.